The van der Waals surface area contributed by atoms with Crippen molar-refractivity contribution in [2.75, 3.05) is 0 Å². The van der Waals surface area contributed by atoms with Gasteiger partial charge in [0.15, 0.2) is 0 Å². The molecule has 0 aliphatic rings. The molecular weight excluding hydrogens is 372 g/mol. The second-order valence-electron chi connectivity index (χ2n) is 7.05. The van der Waals surface area contributed by atoms with Gasteiger partial charge < -0.3 is 0 Å². The third kappa shape index (κ3) is 3.92. The van der Waals surface area contributed by atoms with E-state index >= 15 is 0 Å². The van der Waals surface area contributed by atoms with Crippen LogP contribution in [0.1, 0.15) is 26.1 Å². The van der Waals surface area contributed by atoms with Crippen molar-refractivity contribution in [1.29, 1.82) is 0 Å². The van der Waals surface area contributed by atoms with Gasteiger partial charge in [-0.25, -0.2) is 9.97 Å². The van der Waals surface area contributed by atoms with Gasteiger partial charge in [0.05, 0.1) is 5.69 Å². The van der Waals surface area contributed by atoms with Crippen LogP contribution >= 0.6 is 11.3 Å². The van der Waals surface area contributed by atoms with Gasteiger partial charge in [-0.2, -0.15) is 0 Å². The van der Waals surface area contributed by atoms with Crippen LogP contribution in [0.5, 0.6) is 0 Å². The zero-order chi connectivity index (χ0) is 20.2. The maximum absolute atomic E-state index is 4.79. The smallest absolute Gasteiger partial charge is 0.128 e. The molecule has 0 radical (unpaired) electrons. The van der Waals surface area contributed by atoms with Crippen molar-refractivity contribution in [1.82, 2.24) is 9.97 Å². The molecule has 0 fully saturated rings. The topological polar surface area (TPSA) is 25.8 Å². The average molecular weight is 397 g/mol. The summed E-state index contributed by atoms with van der Waals surface area (Å²) in [6.45, 7) is 6.21. The molecule has 0 bridgehead atoms. The molecule has 0 saturated heterocycles. The van der Waals surface area contributed by atoms with Crippen LogP contribution in [0.3, 0.4) is 0 Å². The molecule has 3 aromatic carbocycles. The maximum Gasteiger partial charge on any atom is 0.128 e. The first-order chi connectivity index (χ1) is 14.2. The van der Waals surface area contributed by atoms with Crippen LogP contribution in [0.4, 0.5) is 0 Å². The van der Waals surface area contributed by atoms with Crippen molar-refractivity contribution in [3.8, 4) is 22.4 Å². The lowest BCUT2D eigenvalue weighted by atomic mass is 10.0. The lowest BCUT2D eigenvalue weighted by molar-refractivity contribution is 1.09. The predicted molar refractivity (Wildman–Crippen MR) is 126 cm³/mol. The summed E-state index contributed by atoms with van der Waals surface area (Å²) in [5.41, 5.74) is 4.59. The van der Waals surface area contributed by atoms with Gasteiger partial charge in [0.1, 0.15) is 10.7 Å². The van der Waals surface area contributed by atoms with Crippen LogP contribution < -0.4 is 0 Å². The number of hydrogen-bond donors (Lipinski definition) is 0. The van der Waals surface area contributed by atoms with Crippen molar-refractivity contribution in [2.24, 2.45) is 0 Å². The minimum absolute atomic E-state index is 0.811. The fraction of sp³-hybridized carbons (Fsp3) is 0.154. The lowest BCUT2D eigenvalue weighted by Gasteiger charge is -2.07. The van der Waals surface area contributed by atoms with Crippen LogP contribution in [-0.2, 0) is 0 Å². The molecule has 5 rings (SSSR count). The number of aryl methyl sites for hydroxylation is 1. The highest BCUT2D eigenvalue weighted by Gasteiger charge is 2.14. The van der Waals surface area contributed by atoms with E-state index in [-0.39, 0.29) is 0 Å². The molecule has 2 nitrogen and oxygen atoms in total. The Morgan fingerprint density at radius 2 is 1.28 bits per heavy atom. The van der Waals surface area contributed by atoms with Gasteiger partial charge in [-0.3, -0.25) is 0 Å². The summed E-state index contributed by atoms with van der Waals surface area (Å²) in [7, 11) is 0. The second kappa shape index (κ2) is 8.54. The van der Waals surface area contributed by atoms with Crippen molar-refractivity contribution in [3.63, 3.8) is 0 Å². The third-order valence-corrected chi connectivity index (χ3v) is 5.68. The zero-order valence-corrected chi connectivity index (χ0v) is 17.8. The molecule has 0 aliphatic carbocycles. The second-order valence-corrected chi connectivity index (χ2v) is 8.08. The van der Waals surface area contributed by atoms with Crippen LogP contribution in [0.15, 0.2) is 78.9 Å². The van der Waals surface area contributed by atoms with Gasteiger partial charge in [-0.05, 0) is 24.1 Å². The largest absolute Gasteiger partial charge is 0.232 e. The average Bonchev–Trinajstić information content (AvgIpc) is 3.12. The highest BCUT2D eigenvalue weighted by molar-refractivity contribution is 7.25. The minimum Gasteiger partial charge on any atom is -0.232 e. The molecule has 5 aromatic rings. The number of rotatable bonds is 2. The van der Waals surface area contributed by atoms with E-state index < -0.39 is 0 Å². The summed E-state index contributed by atoms with van der Waals surface area (Å²) >= 11 is 1.73. The molecule has 29 heavy (non-hydrogen) atoms. The van der Waals surface area contributed by atoms with E-state index in [4.69, 9.17) is 4.98 Å². The van der Waals surface area contributed by atoms with Gasteiger partial charge >= 0.3 is 0 Å². The minimum atomic E-state index is 0.811. The highest BCUT2D eigenvalue weighted by Crippen LogP contribution is 2.38. The first-order valence-corrected chi connectivity index (χ1v) is 10.8. The number of fused-ring (bicyclic) bond motifs is 3. The van der Waals surface area contributed by atoms with Gasteiger partial charge in [-0.15, -0.1) is 11.3 Å². The Morgan fingerprint density at radius 3 is 2.00 bits per heavy atom. The normalized spacial score (nSPS) is 10.7. The molecule has 3 heteroatoms. The summed E-state index contributed by atoms with van der Waals surface area (Å²) in [4.78, 5) is 10.5. The van der Waals surface area contributed by atoms with E-state index in [1.54, 1.807) is 11.3 Å². The lowest BCUT2D eigenvalue weighted by Crippen LogP contribution is -1.92. The van der Waals surface area contributed by atoms with E-state index in [0.29, 0.717) is 0 Å². The van der Waals surface area contributed by atoms with Crippen LogP contribution in [0.2, 0.25) is 0 Å². The first-order valence-electron chi connectivity index (χ1n) is 10.0. The standard InChI is InChI=1S/C23H16N2S.C3H8/c1-15-24-22(21-19-9-5-6-10-20(19)26-23(21)25-15)18-13-11-17(12-14-18)16-7-3-2-4-8-16;1-3-2/h2-14H,1H3;3H2,1-2H3. The maximum atomic E-state index is 4.79. The summed E-state index contributed by atoms with van der Waals surface area (Å²) in [5, 5.41) is 2.39. The predicted octanol–water partition coefficient (Wildman–Crippen LogP) is 7.90. The van der Waals surface area contributed by atoms with E-state index in [1.807, 2.05) is 13.0 Å². The van der Waals surface area contributed by atoms with Crippen molar-refractivity contribution < 1.29 is 0 Å². The number of nitrogens with zero attached hydrogens (tertiary/aromatic N) is 2. The van der Waals surface area contributed by atoms with E-state index in [0.717, 1.165) is 27.3 Å². The quantitative estimate of drug-likeness (QED) is 0.303. The first kappa shape index (κ1) is 19.3. The monoisotopic (exact) mass is 396 g/mol. The SMILES string of the molecule is CCC.Cc1nc(-c2ccc(-c3ccccc3)cc2)c2c(n1)sc1ccccc12. The molecule has 0 saturated carbocycles. The van der Waals surface area contributed by atoms with E-state index in [1.165, 1.54) is 27.6 Å². The zero-order valence-electron chi connectivity index (χ0n) is 17.0. The molecule has 2 heterocycles. The Kier molecular flexibility index (Phi) is 5.68. The molecule has 0 N–H and O–H groups in total. The van der Waals surface area contributed by atoms with Gasteiger partial charge in [0.25, 0.3) is 0 Å². The molecule has 0 atom stereocenters. The summed E-state index contributed by atoms with van der Waals surface area (Å²) < 4.78 is 1.25. The molecule has 144 valence electrons. The molecule has 2 aromatic heterocycles. The molecule has 0 unspecified atom stereocenters. The number of aromatic nitrogens is 2. The Bertz CT molecular complexity index is 1240. The number of hydrogen-bond acceptors (Lipinski definition) is 3. The van der Waals surface area contributed by atoms with Gasteiger partial charge in [-0.1, -0.05) is 93.1 Å². The molecular formula is C26H24N2S. The van der Waals surface area contributed by atoms with Crippen LogP contribution in [-0.4, -0.2) is 9.97 Å². The third-order valence-electron chi connectivity index (χ3n) is 4.62. The van der Waals surface area contributed by atoms with E-state index in [9.17, 15) is 0 Å². The Labute approximate surface area is 175 Å². The summed E-state index contributed by atoms with van der Waals surface area (Å²) in [6.07, 6.45) is 1.25. The fourth-order valence-corrected chi connectivity index (χ4v) is 4.51. The van der Waals surface area contributed by atoms with Crippen LogP contribution in [0.25, 0.3) is 42.7 Å². The summed E-state index contributed by atoms with van der Waals surface area (Å²) in [6, 6.07) is 27.6. The fourth-order valence-electron chi connectivity index (χ4n) is 3.39. The Morgan fingerprint density at radius 1 is 0.690 bits per heavy atom. The van der Waals surface area contributed by atoms with Crippen molar-refractivity contribution in [3.05, 3.63) is 84.7 Å². The molecule has 0 amide bonds. The molecule has 0 aliphatic heterocycles. The van der Waals surface area contributed by atoms with Gasteiger partial charge in [0, 0.05) is 21.0 Å². The Hall–Kier alpha value is -3.04. The van der Waals surface area contributed by atoms with E-state index in [2.05, 4.69) is 91.6 Å². The van der Waals surface area contributed by atoms with Crippen molar-refractivity contribution >= 4 is 31.6 Å². The Balaban J connectivity index is 0.000000645. The summed E-state index contributed by atoms with van der Waals surface area (Å²) in [5.74, 6) is 0.811. The van der Waals surface area contributed by atoms with Gasteiger partial charge in [0.2, 0.25) is 0 Å². The number of benzene rings is 3. The van der Waals surface area contributed by atoms with Crippen molar-refractivity contribution in [2.45, 2.75) is 27.2 Å². The van der Waals surface area contributed by atoms with Crippen LogP contribution in [0, 0.1) is 6.92 Å². The highest BCUT2D eigenvalue weighted by atomic mass is 32.1. The molecule has 0 spiro atoms. The number of thiophene rings is 1.